The number of unbranched alkanes of at least 4 members (excludes halogenated alkanes) is 5. The minimum atomic E-state index is 0.506. The highest BCUT2D eigenvalue weighted by Gasteiger charge is 2.05. The van der Waals surface area contributed by atoms with Crippen molar-refractivity contribution in [1.82, 2.24) is 9.97 Å². The zero-order valence-electron chi connectivity index (χ0n) is 16.3. The first kappa shape index (κ1) is 21.5. The predicted octanol–water partition coefficient (Wildman–Crippen LogP) is 5.54. The largest absolute Gasteiger partial charge is 0.369 e. The van der Waals surface area contributed by atoms with Crippen molar-refractivity contribution in [2.75, 3.05) is 23.7 Å². The van der Waals surface area contributed by atoms with Crippen molar-refractivity contribution in [1.29, 1.82) is 0 Å². The van der Waals surface area contributed by atoms with Gasteiger partial charge in [-0.3, -0.25) is 0 Å². The lowest BCUT2D eigenvalue weighted by molar-refractivity contribution is 0.607. The molecule has 0 aliphatic rings. The molecule has 0 atom stereocenters. The number of benzene rings is 1. The summed E-state index contributed by atoms with van der Waals surface area (Å²) >= 11 is 6.14. The normalized spacial score (nSPS) is 10.8. The fourth-order valence-electron chi connectivity index (χ4n) is 2.85. The topological polar surface area (TPSA) is 75.9 Å². The standard InChI is InChI=1S/C21H32ClN5/c1-2-3-4-5-6-7-9-17-10-12-18(13-11-17)26-21-25-16-19(22)20(27-21)24-15-8-14-23/h10-13,16H,2-9,14-15,23H2,1H3,(H2,24,25,26,27). The zero-order valence-corrected chi connectivity index (χ0v) is 17.1. The first-order valence-corrected chi connectivity index (χ1v) is 10.4. The van der Waals surface area contributed by atoms with Crippen LogP contribution < -0.4 is 16.4 Å². The van der Waals surface area contributed by atoms with E-state index in [0.717, 1.165) is 25.1 Å². The summed E-state index contributed by atoms with van der Waals surface area (Å²) < 4.78 is 0. The molecule has 0 bridgehead atoms. The van der Waals surface area contributed by atoms with Gasteiger partial charge in [-0.25, -0.2) is 4.98 Å². The van der Waals surface area contributed by atoms with Crippen molar-refractivity contribution >= 4 is 29.1 Å². The fourth-order valence-corrected chi connectivity index (χ4v) is 3.01. The molecule has 148 valence electrons. The number of nitrogens with zero attached hydrogens (tertiary/aromatic N) is 2. The Labute approximate surface area is 168 Å². The number of rotatable bonds is 13. The quantitative estimate of drug-likeness (QED) is 0.392. The van der Waals surface area contributed by atoms with Crippen LogP contribution in [0.15, 0.2) is 30.5 Å². The van der Waals surface area contributed by atoms with Gasteiger partial charge in [0, 0.05) is 12.2 Å². The predicted molar refractivity (Wildman–Crippen MR) is 116 cm³/mol. The SMILES string of the molecule is CCCCCCCCc1ccc(Nc2ncc(Cl)c(NCCCN)n2)cc1. The molecule has 2 rings (SSSR count). The molecule has 0 spiro atoms. The Kier molecular flexibility index (Phi) is 9.95. The van der Waals surface area contributed by atoms with E-state index in [1.807, 2.05) is 0 Å². The molecule has 0 fully saturated rings. The van der Waals surface area contributed by atoms with E-state index in [2.05, 4.69) is 51.8 Å². The Morgan fingerprint density at radius 1 is 1.00 bits per heavy atom. The maximum absolute atomic E-state index is 6.14. The van der Waals surface area contributed by atoms with E-state index in [-0.39, 0.29) is 0 Å². The van der Waals surface area contributed by atoms with Crippen molar-refractivity contribution in [3.63, 3.8) is 0 Å². The van der Waals surface area contributed by atoms with Crippen LogP contribution in [-0.4, -0.2) is 23.1 Å². The molecule has 5 nitrogen and oxygen atoms in total. The third-order valence-electron chi connectivity index (χ3n) is 4.45. The van der Waals surface area contributed by atoms with Crippen LogP contribution in [-0.2, 0) is 6.42 Å². The molecule has 0 saturated heterocycles. The molecule has 0 aliphatic heterocycles. The van der Waals surface area contributed by atoms with Gasteiger partial charge in [0.1, 0.15) is 10.8 Å². The Balaban J connectivity index is 1.82. The number of hydrogen-bond donors (Lipinski definition) is 3. The molecule has 1 heterocycles. The number of nitrogens with one attached hydrogen (secondary N) is 2. The van der Waals surface area contributed by atoms with Crippen molar-refractivity contribution in [2.24, 2.45) is 5.73 Å². The summed E-state index contributed by atoms with van der Waals surface area (Å²) in [5.41, 5.74) is 7.86. The molecule has 6 heteroatoms. The Hall–Kier alpha value is -1.85. The van der Waals surface area contributed by atoms with E-state index in [0.29, 0.717) is 23.3 Å². The summed E-state index contributed by atoms with van der Waals surface area (Å²) in [5, 5.41) is 6.93. The van der Waals surface area contributed by atoms with Gasteiger partial charge in [0.2, 0.25) is 5.95 Å². The minimum Gasteiger partial charge on any atom is -0.369 e. The average Bonchev–Trinajstić information content (AvgIpc) is 2.68. The Morgan fingerprint density at radius 2 is 1.74 bits per heavy atom. The Bertz CT molecular complexity index is 660. The summed E-state index contributed by atoms with van der Waals surface area (Å²) in [7, 11) is 0. The molecule has 27 heavy (non-hydrogen) atoms. The summed E-state index contributed by atoms with van der Waals surface area (Å²) in [4.78, 5) is 8.69. The maximum Gasteiger partial charge on any atom is 0.229 e. The number of anilines is 3. The van der Waals surface area contributed by atoms with Crippen molar-refractivity contribution in [3.05, 3.63) is 41.0 Å². The van der Waals surface area contributed by atoms with Crippen LogP contribution >= 0.6 is 11.6 Å². The average molecular weight is 390 g/mol. The van der Waals surface area contributed by atoms with Gasteiger partial charge < -0.3 is 16.4 Å². The third-order valence-corrected chi connectivity index (χ3v) is 4.72. The maximum atomic E-state index is 6.14. The fraction of sp³-hybridized carbons (Fsp3) is 0.524. The third kappa shape index (κ3) is 8.14. The van der Waals surface area contributed by atoms with E-state index in [4.69, 9.17) is 17.3 Å². The summed E-state index contributed by atoms with van der Waals surface area (Å²) in [6.45, 7) is 3.62. The lowest BCUT2D eigenvalue weighted by Crippen LogP contribution is -2.10. The highest BCUT2D eigenvalue weighted by molar-refractivity contribution is 6.32. The lowest BCUT2D eigenvalue weighted by atomic mass is 10.0. The van der Waals surface area contributed by atoms with Crippen LogP contribution in [0.2, 0.25) is 5.02 Å². The van der Waals surface area contributed by atoms with Crippen molar-refractivity contribution < 1.29 is 0 Å². The van der Waals surface area contributed by atoms with Gasteiger partial charge in [-0.1, -0.05) is 62.8 Å². The van der Waals surface area contributed by atoms with Gasteiger partial charge in [-0.05, 0) is 43.5 Å². The van der Waals surface area contributed by atoms with E-state index in [9.17, 15) is 0 Å². The summed E-state index contributed by atoms with van der Waals surface area (Å²) in [6.07, 6.45) is 11.6. The molecule has 4 N–H and O–H groups in total. The van der Waals surface area contributed by atoms with Crippen LogP contribution in [0.25, 0.3) is 0 Å². The molecular weight excluding hydrogens is 358 g/mol. The number of aromatic nitrogens is 2. The van der Waals surface area contributed by atoms with Crippen LogP contribution in [0.5, 0.6) is 0 Å². The van der Waals surface area contributed by atoms with Gasteiger partial charge in [0.15, 0.2) is 0 Å². The van der Waals surface area contributed by atoms with Gasteiger partial charge in [-0.15, -0.1) is 0 Å². The second-order valence-electron chi connectivity index (χ2n) is 6.80. The molecule has 1 aromatic heterocycles. The molecule has 0 saturated carbocycles. The van der Waals surface area contributed by atoms with E-state index in [1.165, 1.54) is 44.1 Å². The van der Waals surface area contributed by atoms with Crippen LogP contribution in [0.3, 0.4) is 0 Å². The highest BCUT2D eigenvalue weighted by atomic mass is 35.5. The molecular formula is C21H32ClN5. The summed E-state index contributed by atoms with van der Waals surface area (Å²) in [6, 6.07) is 8.49. The lowest BCUT2D eigenvalue weighted by Gasteiger charge is -2.10. The first-order chi connectivity index (χ1) is 13.2. The molecule has 2 aromatic rings. The minimum absolute atomic E-state index is 0.506. The molecule has 0 radical (unpaired) electrons. The van der Waals surface area contributed by atoms with Crippen LogP contribution in [0, 0.1) is 0 Å². The van der Waals surface area contributed by atoms with E-state index >= 15 is 0 Å². The Morgan fingerprint density at radius 3 is 2.48 bits per heavy atom. The second kappa shape index (κ2) is 12.5. The van der Waals surface area contributed by atoms with Gasteiger partial charge in [0.25, 0.3) is 0 Å². The van der Waals surface area contributed by atoms with E-state index < -0.39 is 0 Å². The number of nitrogens with two attached hydrogens (primary N) is 1. The zero-order chi connectivity index (χ0) is 19.3. The van der Waals surface area contributed by atoms with Crippen LogP contribution in [0.1, 0.15) is 57.4 Å². The van der Waals surface area contributed by atoms with Gasteiger partial charge in [0.05, 0.1) is 6.20 Å². The van der Waals surface area contributed by atoms with Crippen molar-refractivity contribution in [3.8, 4) is 0 Å². The van der Waals surface area contributed by atoms with Gasteiger partial charge >= 0.3 is 0 Å². The van der Waals surface area contributed by atoms with Crippen molar-refractivity contribution in [2.45, 2.75) is 58.3 Å². The molecule has 0 aliphatic carbocycles. The second-order valence-corrected chi connectivity index (χ2v) is 7.21. The number of halogens is 1. The first-order valence-electron chi connectivity index (χ1n) is 10.1. The monoisotopic (exact) mass is 389 g/mol. The van der Waals surface area contributed by atoms with Gasteiger partial charge in [-0.2, -0.15) is 4.98 Å². The highest BCUT2D eigenvalue weighted by Crippen LogP contribution is 2.22. The van der Waals surface area contributed by atoms with E-state index in [1.54, 1.807) is 6.20 Å². The number of hydrogen-bond acceptors (Lipinski definition) is 5. The van der Waals surface area contributed by atoms with Crippen LogP contribution in [0.4, 0.5) is 17.5 Å². The molecule has 0 amide bonds. The summed E-state index contributed by atoms with van der Waals surface area (Å²) in [5.74, 6) is 1.15. The smallest absolute Gasteiger partial charge is 0.229 e. The number of aryl methyl sites for hydroxylation is 1. The molecule has 1 aromatic carbocycles. The molecule has 0 unspecified atom stereocenters.